The second-order valence-corrected chi connectivity index (χ2v) is 10.5. The molecule has 9 heteroatoms. The third-order valence-corrected chi connectivity index (χ3v) is 7.93. The van der Waals surface area contributed by atoms with Crippen LogP contribution in [0.4, 0.5) is 9.59 Å². The molecule has 3 aliphatic rings. The fourth-order valence-electron chi connectivity index (χ4n) is 4.81. The normalized spacial score (nSPS) is 20.1. The average molecular weight is 449 g/mol. The van der Waals surface area contributed by atoms with Crippen LogP contribution >= 0.6 is 0 Å². The zero-order valence-electron chi connectivity index (χ0n) is 17.9. The number of rotatable bonds is 3. The number of carbonyl (C=O) groups is 2. The molecule has 2 N–H and O–H groups in total. The highest BCUT2D eigenvalue weighted by molar-refractivity contribution is 7.90. The van der Waals surface area contributed by atoms with Crippen LogP contribution in [0.25, 0.3) is 0 Å². The third-order valence-electron chi connectivity index (χ3n) is 6.60. The Labute approximate surface area is 184 Å². The minimum absolute atomic E-state index is 0.0372. The van der Waals surface area contributed by atoms with Crippen molar-refractivity contribution in [3.63, 3.8) is 0 Å². The van der Waals surface area contributed by atoms with Crippen molar-refractivity contribution in [2.75, 3.05) is 26.2 Å². The number of carbonyl (C=O) groups excluding carboxylic acids is 2. The van der Waals surface area contributed by atoms with Gasteiger partial charge in [0.05, 0.1) is 4.90 Å². The van der Waals surface area contributed by atoms with Crippen LogP contribution in [-0.2, 0) is 22.9 Å². The Kier molecular flexibility index (Phi) is 6.69. The van der Waals surface area contributed by atoms with Crippen molar-refractivity contribution in [3.05, 3.63) is 29.3 Å². The van der Waals surface area contributed by atoms with E-state index in [0.717, 1.165) is 69.2 Å². The summed E-state index contributed by atoms with van der Waals surface area (Å²) in [5.74, 6) is 0. The molecule has 0 radical (unpaired) electrons. The molecule has 2 aliphatic heterocycles. The number of hydrogen-bond donors (Lipinski definition) is 2. The van der Waals surface area contributed by atoms with E-state index in [0.29, 0.717) is 25.9 Å². The minimum Gasteiger partial charge on any atom is -0.335 e. The predicted octanol–water partition coefficient (Wildman–Crippen LogP) is 2.62. The number of sulfonamides is 1. The maximum absolute atomic E-state index is 12.8. The molecule has 8 nitrogen and oxygen atoms in total. The Morgan fingerprint density at radius 2 is 1.48 bits per heavy atom. The fraction of sp³-hybridized carbons (Fsp3) is 0.636. The first-order valence-corrected chi connectivity index (χ1v) is 12.9. The number of fused-ring (bicyclic) bond motifs is 1. The van der Waals surface area contributed by atoms with Crippen LogP contribution in [0.1, 0.15) is 56.1 Å². The number of amides is 4. The SMILES string of the molecule is O=C(NC1CCCCC1)NS(=O)(=O)c1ccc2c(c1)CCN(C(=O)N1CCCC1)CC2. The van der Waals surface area contributed by atoms with Gasteiger partial charge in [-0.1, -0.05) is 25.3 Å². The van der Waals surface area contributed by atoms with Crippen LogP contribution in [0.2, 0.25) is 0 Å². The van der Waals surface area contributed by atoms with Crippen molar-refractivity contribution >= 4 is 22.1 Å². The van der Waals surface area contributed by atoms with E-state index >= 15 is 0 Å². The van der Waals surface area contributed by atoms with Gasteiger partial charge in [0, 0.05) is 32.2 Å². The van der Waals surface area contributed by atoms with E-state index < -0.39 is 16.1 Å². The molecule has 1 saturated carbocycles. The molecular formula is C22H32N4O4S. The van der Waals surface area contributed by atoms with E-state index in [1.165, 1.54) is 0 Å². The van der Waals surface area contributed by atoms with Crippen molar-refractivity contribution in [2.24, 2.45) is 0 Å². The number of hydrogen-bond acceptors (Lipinski definition) is 4. The Morgan fingerprint density at radius 3 is 2.19 bits per heavy atom. The van der Waals surface area contributed by atoms with Crippen LogP contribution in [0.5, 0.6) is 0 Å². The number of likely N-dealkylation sites (tertiary alicyclic amines) is 1. The standard InChI is InChI=1S/C22H32N4O4S/c27-21(23-19-6-2-1-3-7-19)24-31(29,30)20-9-8-17-10-14-26(15-11-18(17)16-20)22(28)25-12-4-5-13-25/h8-9,16,19H,1-7,10-15H2,(H2,23,24,27). The van der Waals surface area contributed by atoms with Gasteiger partial charge in [-0.3, -0.25) is 0 Å². The van der Waals surface area contributed by atoms with Gasteiger partial charge in [0.1, 0.15) is 0 Å². The number of nitrogens with zero attached hydrogens (tertiary/aromatic N) is 2. The Bertz CT molecular complexity index is 921. The van der Waals surface area contributed by atoms with Crippen LogP contribution < -0.4 is 10.0 Å². The summed E-state index contributed by atoms with van der Waals surface area (Å²) in [4.78, 5) is 28.8. The van der Waals surface area contributed by atoms with Gasteiger partial charge < -0.3 is 15.1 Å². The average Bonchev–Trinajstić information content (AvgIpc) is 3.20. The molecule has 1 saturated heterocycles. The molecule has 4 amide bonds. The lowest BCUT2D eigenvalue weighted by Crippen LogP contribution is -2.45. The van der Waals surface area contributed by atoms with Crippen molar-refractivity contribution in [2.45, 2.75) is 68.7 Å². The number of benzene rings is 1. The fourth-order valence-corrected chi connectivity index (χ4v) is 5.78. The molecule has 0 atom stereocenters. The Balaban J connectivity index is 1.40. The monoisotopic (exact) mass is 448 g/mol. The summed E-state index contributed by atoms with van der Waals surface area (Å²) in [6.07, 6.45) is 8.47. The van der Waals surface area contributed by atoms with Crippen molar-refractivity contribution in [1.82, 2.24) is 19.8 Å². The van der Waals surface area contributed by atoms with E-state index in [9.17, 15) is 18.0 Å². The molecule has 0 bridgehead atoms. The summed E-state index contributed by atoms with van der Waals surface area (Å²) in [5.41, 5.74) is 1.98. The highest BCUT2D eigenvalue weighted by Gasteiger charge is 2.27. The van der Waals surface area contributed by atoms with Gasteiger partial charge in [-0.25, -0.2) is 22.7 Å². The quantitative estimate of drug-likeness (QED) is 0.743. The van der Waals surface area contributed by atoms with Crippen LogP contribution in [-0.4, -0.2) is 62.5 Å². The number of urea groups is 2. The van der Waals surface area contributed by atoms with Gasteiger partial charge in [0.15, 0.2) is 0 Å². The first kappa shape index (κ1) is 21.9. The summed E-state index contributed by atoms with van der Waals surface area (Å²) in [6.45, 7) is 2.84. The third kappa shape index (κ3) is 5.31. The molecule has 1 aliphatic carbocycles. The van der Waals surface area contributed by atoms with Crippen molar-refractivity contribution in [1.29, 1.82) is 0 Å². The van der Waals surface area contributed by atoms with E-state index in [1.807, 2.05) is 15.9 Å². The highest BCUT2D eigenvalue weighted by Crippen LogP contribution is 2.22. The van der Waals surface area contributed by atoms with Gasteiger partial charge in [0.25, 0.3) is 10.0 Å². The van der Waals surface area contributed by atoms with E-state index in [1.54, 1.807) is 12.1 Å². The molecule has 0 aromatic heterocycles. The number of nitrogens with one attached hydrogen (secondary N) is 2. The second-order valence-electron chi connectivity index (χ2n) is 8.81. The van der Waals surface area contributed by atoms with E-state index in [2.05, 4.69) is 10.0 Å². The zero-order valence-corrected chi connectivity index (χ0v) is 18.8. The maximum Gasteiger partial charge on any atom is 0.328 e. The summed E-state index contributed by atoms with van der Waals surface area (Å²) in [7, 11) is -3.95. The van der Waals surface area contributed by atoms with E-state index in [4.69, 9.17) is 0 Å². The Morgan fingerprint density at radius 1 is 0.839 bits per heavy atom. The van der Waals surface area contributed by atoms with Gasteiger partial charge in [-0.2, -0.15) is 0 Å². The molecule has 1 aromatic rings. The zero-order chi connectivity index (χ0) is 21.8. The van der Waals surface area contributed by atoms with E-state index in [-0.39, 0.29) is 17.0 Å². The van der Waals surface area contributed by atoms with Gasteiger partial charge >= 0.3 is 12.1 Å². The summed E-state index contributed by atoms with van der Waals surface area (Å²) < 4.78 is 27.7. The lowest BCUT2D eigenvalue weighted by atomic mass is 9.96. The molecule has 1 aromatic carbocycles. The molecule has 2 heterocycles. The molecule has 2 fully saturated rings. The van der Waals surface area contributed by atoms with Crippen molar-refractivity contribution < 1.29 is 18.0 Å². The molecular weight excluding hydrogens is 416 g/mol. The molecule has 0 spiro atoms. The topological polar surface area (TPSA) is 98.8 Å². The maximum atomic E-state index is 12.8. The van der Waals surface area contributed by atoms with Crippen LogP contribution in [0.3, 0.4) is 0 Å². The lowest BCUT2D eigenvalue weighted by molar-refractivity contribution is 0.164. The van der Waals surface area contributed by atoms with Gasteiger partial charge in [-0.15, -0.1) is 0 Å². The molecule has 4 rings (SSSR count). The van der Waals surface area contributed by atoms with Gasteiger partial charge in [0.2, 0.25) is 0 Å². The minimum atomic E-state index is -3.95. The summed E-state index contributed by atoms with van der Waals surface area (Å²) in [6, 6.07) is 4.47. The molecule has 31 heavy (non-hydrogen) atoms. The summed E-state index contributed by atoms with van der Waals surface area (Å²) >= 11 is 0. The van der Waals surface area contributed by atoms with Crippen LogP contribution in [0.15, 0.2) is 23.1 Å². The Hall–Kier alpha value is -2.29. The lowest BCUT2D eigenvalue weighted by Gasteiger charge is -2.26. The second kappa shape index (κ2) is 9.46. The first-order valence-electron chi connectivity index (χ1n) is 11.4. The molecule has 0 unspecified atom stereocenters. The summed E-state index contributed by atoms with van der Waals surface area (Å²) in [5, 5.41) is 2.78. The first-order chi connectivity index (χ1) is 14.9. The van der Waals surface area contributed by atoms with Gasteiger partial charge in [-0.05, 0) is 61.8 Å². The van der Waals surface area contributed by atoms with Crippen molar-refractivity contribution in [3.8, 4) is 0 Å². The smallest absolute Gasteiger partial charge is 0.328 e. The molecule has 170 valence electrons. The largest absolute Gasteiger partial charge is 0.335 e. The highest BCUT2D eigenvalue weighted by atomic mass is 32.2. The predicted molar refractivity (Wildman–Crippen MR) is 117 cm³/mol. The van der Waals surface area contributed by atoms with Crippen LogP contribution in [0, 0.1) is 0 Å².